The number of carbonyl (C=O) groups is 1. The van der Waals surface area contributed by atoms with Gasteiger partial charge in [0.2, 0.25) is 5.88 Å². The molecule has 1 spiro atoms. The van der Waals surface area contributed by atoms with Gasteiger partial charge in [-0.2, -0.15) is 0 Å². The zero-order valence-corrected chi connectivity index (χ0v) is 33.0. The average Bonchev–Trinajstić information content (AvgIpc) is 3.76. The van der Waals surface area contributed by atoms with Gasteiger partial charge >= 0.3 is 0 Å². The Morgan fingerprint density at radius 2 is 1.68 bits per heavy atom. The first-order valence-electron chi connectivity index (χ1n) is 18.5. The number of benzene rings is 2. The lowest BCUT2D eigenvalue weighted by atomic mass is 9.93. The molecule has 2 aromatic carbocycles. The highest BCUT2D eigenvalue weighted by atomic mass is 32.2. The third kappa shape index (κ3) is 8.26. The highest BCUT2D eigenvalue weighted by Gasteiger charge is 2.49. The van der Waals surface area contributed by atoms with E-state index in [2.05, 4.69) is 44.7 Å². The molecule has 1 aromatic heterocycles. The number of ether oxygens (including phenoxy) is 1. The maximum Gasteiger partial charge on any atom is 0.269 e. The van der Waals surface area contributed by atoms with Crippen molar-refractivity contribution >= 4 is 35.7 Å². The quantitative estimate of drug-likeness (QED) is 0.0783. The van der Waals surface area contributed by atoms with Gasteiger partial charge in [0.05, 0.1) is 17.1 Å². The van der Waals surface area contributed by atoms with Crippen molar-refractivity contribution in [2.45, 2.75) is 135 Å². The molecule has 11 heteroatoms. The van der Waals surface area contributed by atoms with Crippen LogP contribution in [0, 0.1) is 13.8 Å². The smallest absolute Gasteiger partial charge is 0.269 e. The molecule has 1 aliphatic carbocycles. The molecular weight excluding hydrogens is 665 g/mol. The standard InChI is InChI=1S/C39H56N4O5SSi/c1-8-10-16-32-26-31(27-42-36(19-11-9-2)40-39(38(42)44)22-14-15-23-39)20-21-33(32)34-17-12-13-18-35(34)49(45,46)43(28-47-24-25-50(5,6)7)37-29(3)30(4)41-48-37/h12-13,17-18,20-21,26H,8-11,14-16,19,22-25,27-28H2,1-7H3. The number of hydrogen-bond donors (Lipinski definition) is 0. The van der Waals surface area contributed by atoms with Crippen LogP contribution in [0.3, 0.4) is 0 Å². The molecule has 5 rings (SSSR count). The predicted molar refractivity (Wildman–Crippen MR) is 204 cm³/mol. The number of aromatic nitrogens is 1. The summed E-state index contributed by atoms with van der Waals surface area (Å²) < 4.78 is 42.3. The van der Waals surface area contributed by atoms with Crippen molar-refractivity contribution in [1.29, 1.82) is 0 Å². The lowest BCUT2D eigenvalue weighted by Crippen LogP contribution is -2.40. The van der Waals surface area contributed by atoms with Crippen LogP contribution in [-0.4, -0.2) is 57.2 Å². The maximum atomic E-state index is 14.7. The zero-order valence-electron chi connectivity index (χ0n) is 31.2. The second kappa shape index (κ2) is 15.9. The summed E-state index contributed by atoms with van der Waals surface area (Å²) in [5.41, 5.74) is 4.29. The molecule has 1 saturated carbocycles. The molecule has 9 nitrogen and oxygen atoms in total. The van der Waals surface area contributed by atoms with Crippen molar-refractivity contribution in [2.24, 2.45) is 4.99 Å². The van der Waals surface area contributed by atoms with Crippen LogP contribution < -0.4 is 4.31 Å². The Labute approximate surface area is 300 Å². The predicted octanol–water partition coefficient (Wildman–Crippen LogP) is 9.05. The van der Waals surface area contributed by atoms with Gasteiger partial charge in [-0.3, -0.25) is 14.7 Å². The molecule has 0 N–H and O–H groups in total. The highest BCUT2D eigenvalue weighted by molar-refractivity contribution is 7.93. The van der Waals surface area contributed by atoms with Gasteiger partial charge in [-0.25, -0.2) is 12.7 Å². The number of rotatable bonds is 17. The second-order valence-corrected chi connectivity index (χ2v) is 22.7. The molecule has 2 aliphatic rings. The number of amidine groups is 1. The van der Waals surface area contributed by atoms with Crippen LogP contribution in [-0.2, 0) is 32.5 Å². The van der Waals surface area contributed by atoms with Crippen molar-refractivity contribution < 1.29 is 22.5 Å². The Hall–Kier alpha value is -3.28. The first-order chi connectivity index (χ1) is 23.8. The van der Waals surface area contributed by atoms with Gasteiger partial charge in [-0.05, 0) is 74.8 Å². The van der Waals surface area contributed by atoms with E-state index in [9.17, 15) is 13.2 Å². The largest absolute Gasteiger partial charge is 0.360 e. The fourth-order valence-corrected chi connectivity index (χ4v) is 9.20. The number of aliphatic imine (C=N–C) groups is 1. The van der Waals surface area contributed by atoms with Crippen LogP contribution in [0.4, 0.5) is 5.88 Å². The maximum absolute atomic E-state index is 14.7. The molecule has 50 heavy (non-hydrogen) atoms. The number of carbonyl (C=O) groups excluding carboxylic acids is 1. The number of hydrogen-bond acceptors (Lipinski definition) is 7. The van der Waals surface area contributed by atoms with E-state index >= 15 is 0 Å². The van der Waals surface area contributed by atoms with E-state index in [4.69, 9.17) is 14.3 Å². The molecular formula is C39H56N4O5SSi. The summed E-state index contributed by atoms with van der Waals surface area (Å²) in [7, 11) is -5.54. The van der Waals surface area contributed by atoms with Crippen LogP contribution in [0.25, 0.3) is 11.1 Å². The summed E-state index contributed by atoms with van der Waals surface area (Å²) in [5, 5.41) is 4.08. The average molecular weight is 721 g/mol. The first kappa shape index (κ1) is 38.0. The van der Waals surface area contributed by atoms with Gasteiger partial charge in [0.1, 0.15) is 18.1 Å². The van der Waals surface area contributed by atoms with Crippen molar-refractivity contribution in [3.05, 3.63) is 64.8 Å². The van der Waals surface area contributed by atoms with Crippen molar-refractivity contribution in [3.8, 4) is 11.1 Å². The number of amides is 1. The molecule has 0 unspecified atom stereocenters. The molecule has 0 saturated heterocycles. The van der Waals surface area contributed by atoms with E-state index in [-0.39, 0.29) is 23.4 Å². The molecule has 272 valence electrons. The molecule has 0 radical (unpaired) electrons. The minimum atomic E-state index is -4.14. The molecule has 1 fully saturated rings. The third-order valence-corrected chi connectivity index (χ3v) is 13.6. The first-order valence-corrected chi connectivity index (χ1v) is 23.6. The summed E-state index contributed by atoms with van der Waals surface area (Å²) in [6, 6.07) is 14.3. The van der Waals surface area contributed by atoms with Gasteiger partial charge in [-0.15, -0.1) is 0 Å². The monoisotopic (exact) mass is 720 g/mol. The van der Waals surface area contributed by atoms with Crippen LogP contribution in [0.2, 0.25) is 25.7 Å². The molecule has 0 atom stereocenters. The van der Waals surface area contributed by atoms with E-state index in [0.29, 0.717) is 30.0 Å². The Morgan fingerprint density at radius 3 is 2.34 bits per heavy atom. The zero-order chi connectivity index (χ0) is 36.1. The Morgan fingerprint density at radius 1 is 0.980 bits per heavy atom. The summed E-state index contributed by atoms with van der Waals surface area (Å²) in [5.74, 6) is 1.23. The topological polar surface area (TPSA) is 105 Å². The van der Waals surface area contributed by atoms with Crippen molar-refractivity contribution in [1.82, 2.24) is 10.1 Å². The summed E-state index contributed by atoms with van der Waals surface area (Å²) >= 11 is 0. The van der Waals surface area contributed by atoms with Crippen LogP contribution in [0.1, 0.15) is 94.0 Å². The molecule has 1 aliphatic heterocycles. The van der Waals surface area contributed by atoms with Crippen molar-refractivity contribution in [3.63, 3.8) is 0 Å². The van der Waals surface area contributed by atoms with Gasteiger partial charge in [-0.1, -0.05) is 101 Å². The van der Waals surface area contributed by atoms with E-state index < -0.39 is 23.6 Å². The highest BCUT2D eigenvalue weighted by Crippen LogP contribution is 2.41. The number of unbranched alkanes of at least 4 members (excludes halogenated alkanes) is 2. The van der Waals surface area contributed by atoms with Crippen LogP contribution in [0.15, 0.2) is 56.9 Å². The Kier molecular flexibility index (Phi) is 12.1. The second-order valence-electron chi connectivity index (χ2n) is 15.3. The van der Waals surface area contributed by atoms with E-state index in [1.54, 1.807) is 19.1 Å². The third-order valence-electron chi connectivity index (χ3n) is 10.1. The number of aryl methyl sites for hydroxylation is 2. The molecule has 2 heterocycles. The lowest BCUT2D eigenvalue weighted by molar-refractivity contribution is -0.131. The molecule has 1 amide bonds. The van der Waals surface area contributed by atoms with E-state index in [1.165, 1.54) is 4.31 Å². The number of anilines is 1. The number of nitrogens with zero attached hydrogens (tertiary/aromatic N) is 4. The van der Waals surface area contributed by atoms with Gasteiger partial charge in [0, 0.05) is 32.2 Å². The number of sulfonamides is 1. The normalized spacial score (nSPS) is 16.1. The molecule has 3 aromatic rings. The molecule has 0 bridgehead atoms. The van der Waals surface area contributed by atoms with E-state index in [0.717, 1.165) is 92.8 Å². The van der Waals surface area contributed by atoms with Gasteiger partial charge in [0.15, 0.2) is 0 Å². The fourth-order valence-electron chi connectivity index (χ4n) is 6.89. The SMILES string of the molecule is CCCCC1=NC2(CCCC2)C(=O)N1Cc1ccc(-c2ccccc2S(=O)(=O)N(COCC[Si](C)(C)C)c2onc(C)c2C)c(CCCC)c1. The van der Waals surface area contributed by atoms with Gasteiger partial charge < -0.3 is 9.26 Å². The summed E-state index contributed by atoms with van der Waals surface area (Å²) in [6.07, 6.45) is 9.33. The van der Waals surface area contributed by atoms with Crippen LogP contribution >= 0.6 is 0 Å². The minimum Gasteiger partial charge on any atom is -0.360 e. The Balaban J connectivity index is 1.51. The minimum absolute atomic E-state index is 0.141. The van der Waals surface area contributed by atoms with Crippen LogP contribution in [0.5, 0.6) is 0 Å². The van der Waals surface area contributed by atoms with Crippen molar-refractivity contribution in [2.75, 3.05) is 17.6 Å². The lowest BCUT2D eigenvalue weighted by Gasteiger charge is -2.25. The van der Waals surface area contributed by atoms with E-state index in [1.807, 2.05) is 36.1 Å². The summed E-state index contributed by atoms with van der Waals surface area (Å²) in [4.78, 5) is 21.1. The fraction of sp³-hybridized carbons (Fsp3) is 0.564. The Bertz CT molecular complexity index is 1790. The van der Waals surface area contributed by atoms with Gasteiger partial charge in [0.25, 0.3) is 15.9 Å². The summed E-state index contributed by atoms with van der Waals surface area (Å²) in [6.45, 7) is 15.5.